The lowest BCUT2D eigenvalue weighted by Gasteiger charge is -2.15. The minimum atomic E-state index is -0.0806. The molecular weight excluding hydrogens is 398 g/mol. The van der Waals surface area contributed by atoms with E-state index in [2.05, 4.69) is 53.6 Å². The van der Waals surface area contributed by atoms with E-state index in [0.717, 1.165) is 23.3 Å². The van der Waals surface area contributed by atoms with Crippen molar-refractivity contribution in [3.63, 3.8) is 0 Å². The molecule has 0 fully saturated rings. The molecule has 158 valence electrons. The summed E-state index contributed by atoms with van der Waals surface area (Å²) >= 11 is 1.22. The van der Waals surface area contributed by atoms with E-state index in [4.69, 9.17) is 9.15 Å². The van der Waals surface area contributed by atoms with Crippen molar-refractivity contribution in [2.45, 2.75) is 38.5 Å². The highest BCUT2D eigenvalue weighted by Gasteiger charge is 2.14. The van der Waals surface area contributed by atoms with Crippen molar-refractivity contribution in [2.24, 2.45) is 5.92 Å². The first kappa shape index (κ1) is 21.9. The van der Waals surface area contributed by atoms with Crippen LogP contribution in [0.2, 0.25) is 0 Å². The molecule has 1 aromatic heterocycles. The number of ether oxygens (including phenoxy) is 1. The highest BCUT2D eigenvalue weighted by molar-refractivity contribution is 7.99. The van der Waals surface area contributed by atoms with E-state index in [-0.39, 0.29) is 17.7 Å². The van der Waals surface area contributed by atoms with Gasteiger partial charge in [0.05, 0.1) is 18.9 Å². The van der Waals surface area contributed by atoms with Crippen LogP contribution in [-0.4, -0.2) is 29.0 Å². The Morgan fingerprint density at radius 1 is 1.07 bits per heavy atom. The smallest absolute Gasteiger partial charge is 0.277 e. The van der Waals surface area contributed by atoms with Gasteiger partial charge in [0, 0.05) is 5.56 Å². The van der Waals surface area contributed by atoms with Gasteiger partial charge in [0.25, 0.3) is 5.22 Å². The number of nitrogens with one attached hydrogen (secondary N) is 1. The van der Waals surface area contributed by atoms with Gasteiger partial charge < -0.3 is 14.5 Å². The highest BCUT2D eigenvalue weighted by Crippen LogP contribution is 2.25. The van der Waals surface area contributed by atoms with Crippen LogP contribution in [0.1, 0.15) is 37.9 Å². The van der Waals surface area contributed by atoms with Crippen molar-refractivity contribution in [2.75, 3.05) is 12.9 Å². The summed E-state index contributed by atoms with van der Waals surface area (Å²) in [6, 6.07) is 15.7. The maximum Gasteiger partial charge on any atom is 0.277 e. The summed E-state index contributed by atoms with van der Waals surface area (Å²) in [6.07, 6.45) is 1.06. The summed E-state index contributed by atoms with van der Waals surface area (Å²) in [7, 11) is 1.62. The first-order chi connectivity index (χ1) is 14.4. The highest BCUT2D eigenvalue weighted by atomic mass is 32.2. The lowest BCUT2D eigenvalue weighted by molar-refractivity contribution is -0.119. The van der Waals surface area contributed by atoms with Crippen LogP contribution in [0, 0.1) is 5.92 Å². The fraction of sp³-hybridized carbons (Fsp3) is 0.348. The number of hydrogen-bond acceptors (Lipinski definition) is 6. The Bertz CT molecular complexity index is 953. The number of hydrogen-bond donors (Lipinski definition) is 1. The van der Waals surface area contributed by atoms with E-state index in [0.29, 0.717) is 17.0 Å². The molecule has 0 aliphatic rings. The molecule has 0 bridgehead atoms. The van der Waals surface area contributed by atoms with Crippen molar-refractivity contribution in [1.29, 1.82) is 0 Å². The average molecular weight is 426 g/mol. The van der Waals surface area contributed by atoms with Crippen molar-refractivity contribution < 1.29 is 13.9 Å². The van der Waals surface area contributed by atoms with Crippen LogP contribution in [-0.2, 0) is 11.2 Å². The average Bonchev–Trinajstić information content (AvgIpc) is 3.21. The molecule has 7 heteroatoms. The summed E-state index contributed by atoms with van der Waals surface area (Å²) in [5, 5.41) is 11.4. The lowest BCUT2D eigenvalue weighted by atomic mass is 10.00. The third kappa shape index (κ3) is 6.10. The van der Waals surface area contributed by atoms with Crippen molar-refractivity contribution in [3.05, 3.63) is 59.7 Å². The zero-order chi connectivity index (χ0) is 21.5. The molecule has 30 heavy (non-hydrogen) atoms. The van der Waals surface area contributed by atoms with Gasteiger partial charge in [0.2, 0.25) is 11.8 Å². The Kier molecular flexibility index (Phi) is 7.52. The largest absolute Gasteiger partial charge is 0.497 e. The number of thioether (sulfide) groups is 1. The van der Waals surface area contributed by atoms with Gasteiger partial charge in [-0.2, -0.15) is 0 Å². The molecule has 1 atom stereocenters. The first-order valence-electron chi connectivity index (χ1n) is 9.93. The van der Waals surface area contributed by atoms with Crippen LogP contribution in [0.4, 0.5) is 0 Å². The standard InChI is InChI=1S/C23H27N3O3S/c1-15(2)13-17-5-7-18(8-6-17)16(3)24-21(27)14-30-23-26-25-22(29-23)19-9-11-20(28-4)12-10-19/h5-12,15-16H,13-14H2,1-4H3,(H,24,27)/t16-/m1/s1. The minimum absolute atomic E-state index is 0.0660. The number of amides is 1. The maximum atomic E-state index is 12.3. The molecular formula is C23H27N3O3S. The van der Waals surface area contributed by atoms with Gasteiger partial charge in [-0.25, -0.2) is 0 Å². The Morgan fingerprint density at radius 3 is 2.40 bits per heavy atom. The number of methoxy groups -OCH3 is 1. The van der Waals surface area contributed by atoms with E-state index >= 15 is 0 Å². The lowest BCUT2D eigenvalue weighted by Crippen LogP contribution is -2.28. The summed E-state index contributed by atoms with van der Waals surface area (Å²) in [5.41, 5.74) is 3.20. The summed E-state index contributed by atoms with van der Waals surface area (Å²) < 4.78 is 10.8. The molecule has 0 spiro atoms. The fourth-order valence-electron chi connectivity index (χ4n) is 3.03. The molecule has 0 saturated carbocycles. The number of nitrogens with zero attached hydrogens (tertiary/aromatic N) is 2. The predicted octanol–water partition coefficient (Wildman–Crippen LogP) is 4.91. The predicted molar refractivity (Wildman–Crippen MR) is 119 cm³/mol. The van der Waals surface area contributed by atoms with Gasteiger partial charge in [0.15, 0.2) is 0 Å². The number of aromatic nitrogens is 2. The molecule has 1 amide bonds. The van der Waals surface area contributed by atoms with Crippen LogP contribution >= 0.6 is 11.8 Å². The molecule has 0 aliphatic heterocycles. The molecule has 2 aromatic carbocycles. The van der Waals surface area contributed by atoms with E-state index < -0.39 is 0 Å². The van der Waals surface area contributed by atoms with E-state index in [1.165, 1.54) is 17.3 Å². The van der Waals surface area contributed by atoms with Crippen LogP contribution < -0.4 is 10.1 Å². The number of carbonyl (C=O) groups excluding carboxylic acids is 1. The zero-order valence-corrected chi connectivity index (χ0v) is 18.5. The molecule has 3 rings (SSSR count). The number of benzene rings is 2. The van der Waals surface area contributed by atoms with Gasteiger partial charge in [0.1, 0.15) is 5.75 Å². The van der Waals surface area contributed by atoms with Gasteiger partial charge in [-0.3, -0.25) is 4.79 Å². The van der Waals surface area contributed by atoms with Gasteiger partial charge in [-0.15, -0.1) is 10.2 Å². The van der Waals surface area contributed by atoms with Gasteiger partial charge >= 0.3 is 0 Å². The monoisotopic (exact) mass is 425 g/mol. The van der Waals surface area contributed by atoms with Crippen LogP contribution in [0.25, 0.3) is 11.5 Å². The quantitative estimate of drug-likeness (QED) is 0.491. The van der Waals surface area contributed by atoms with Crippen molar-refractivity contribution in [1.82, 2.24) is 15.5 Å². The first-order valence-corrected chi connectivity index (χ1v) is 10.9. The van der Waals surface area contributed by atoms with Gasteiger partial charge in [-0.1, -0.05) is 49.9 Å². The van der Waals surface area contributed by atoms with Crippen molar-refractivity contribution in [3.8, 4) is 17.2 Å². The Labute approximate surface area is 181 Å². The maximum absolute atomic E-state index is 12.3. The molecule has 0 unspecified atom stereocenters. The topological polar surface area (TPSA) is 77.2 Å². The minimum Gasteiger partial charge on any atom is -0.497 e. The fourth-order valence-corrected chi connectivity index (χ4v) is 3.60. The van der Waals surface area contributed by atoms with E-state index in [1.54, 1.807) is 7.11 Å². The third-order valence-electron chi connectivity index (χ3n) is 4.57. The summed E-state index contributed by atoms with van der Waals surface area (Å²) in [5.74, 6) is 1.92. The molecule has 3 aromatic rings. The number of carbonyl (C=O) groups is 1. The number of rotatable bonds is 9. The van der Waals surface area contributed by atoms with E-state index in [9.17, 15) is 4.79 Å². The van der Waals surface area contributed by atoms with E-state index in [1.807, 2.05) is 31.2 Å². The molecule has 1 heterocycles. The van der Waals surface area contributed by atoms with Crippen LogP contribution in [0.15, 0.2) is 58.2 Å². The SMILES string of the molecule is COc1ccc(-c2nnc(SCC(=O)N[C@H](C)c3ccc(CC(C)C)cc3)o2)cc1. The molecule has 0 radical (unpaired) electrons. The van der Waals surface area contributed by atoms with Crippen LogP contribution in [0.3, 0.4) is 0 Å². The zero-order valence-electron chi connectivity index (χ0n) is 17.7. The molecule has 0 saturated heterocycles. The van der Waals surface area contributed by atoms with Gasteiger partial charge in [-0.05, 0) is 54.7 Å². The normalized spacial score (nSPS) is 12.0. The summed E-state index contributed by atoms with van der Waals surface area (Å²) in [4.78, 5) is 12.3. The Balaban J connectivity index is 1.50. The molecule has 0 aliphatic carbocycles. The van der Waals surface area contributed by atoms with Crippen LogP contribution in [0.5, 0.6) is 5.75 Å². The molecule has 1 N–H and O–H groups in total. The Hall–Kier alpha value is -2.80. The molecule has 6 nitrogen and oxygen atoms in total. The second-order valence-corrected chi connectivity index (χ2v) is 8.45. The van der Waals surface area contributed by atoms with Crippen molar-refractivity contribution >= 4 is 17.7 Å². The summed E-state index contributed by atoms with van der Waals surface area (Å²) in [6.45, 7) is 6.39. The second-order valence-electron chi connectivity index (χ2n) is 7.52. The second kappa shape index (κ2) is 10.3. The Morgan fingerprint density at radius 2 is 1.77 bits per heavy atom. The third-order valence-corrected chi connectivity index (χ3v) is 5.39.